The summed E-state index contributed by atoms with van der Waals surface area (Å²) in [4.78, 5) is 7.42. The predicted molar refractivity (Wildman–Crippen MR) is 105 cm³/mol. The second-order valence-corrected chi connectivity index (χ2v) is 8.50. The number of aliphatic imine (C=N–C) groups is 1. The van der Waals surface area contributed by atoms with E-state index in [0.717, 1.165) is 32.1 Å². The van der Waals surface area contributed by atoms with E-state index in [9.17, 15) is 0 Å². The molecule has 1 aromatic rings. The van der Waals surface area contributed by atoms with Crippen LogP contribution in [-0.4, -0.2) is 38.2 Å². The maximum absolute atomic E-state index is 4.91. The first kappa shape index (κ1) is 17.6. The quantitative estimate of drug-likeness (QED) is 0.627. The van der Waals surface area contributed by atoms with Gasteiger partial charge in [-0.25, -0.2) is 0 Å². The van der Waals surface area contributed by atoms with E-state index in [1.807, 2.05) is 11.3 Å². The van der Waals surface area contributed by atoms with Crippen molar-refractivity contribution in [3.63, 3.8) is 0 Å². The van der Waals surface area contributed by atoms with Crippen molar-refractivity contribution in [3.8, 4) is 0 Å². The largest absolute Gasteiger partial charge is 0.363 e. The Hall–Kier alpha value is -1.23. The van der Waals surface area contributed by atoms with Crippen molar-refractivity contribution in [1.82, 2.24) is 10.6 Å². The Kier molecular flexibility index (Phi) is 6.04. The van der Waals surface area contributed by atoms with Gasteiger partial charge in [-0.15, -0.1) is 11.3 Å². The number of nitrogens with one attached hydrogen (secondary N) is 2. The van der Waals surface area contributed by atoms with Crippen LogP contribution in [0.1, 0.15) is 52.4 Å². The molecular weight excluding hydrogens is 316 g/mol. The van der Waals surface area contributed by atoms with E-state index < -0.39 is 0 Å². The number of piperidine rings is 1. The molecule has 0 atom stereocenters. The van der Waals surface area contributed by atoms with Crippen LogP contribution in [0.2, 0.25) is 0 Å². The predicted octanol–water partition coefficient (Wildman–Crippen LogP) is 3.85. The molecule has 3 rings (SSSR count). The van der Waals surface area contributed by atoms with Gasteiger partial charge in [0.05, 0.1) is 5.00 Å². The highest BCUT2D eigenvalue weighted by Gasteiger charge is 2.28. The number of guanidine groups is 1. The Morgan fingerprint density at radius 1 is 1.33 bits per heavy atom. The molecule has 1 saturated heterocycles. The maximum Gasteiger partial charge on any atom is 0.191 e. The normalized spacial score (nSPS) is 21.9. The lowest BCUT2D eigenvalue weighted by Gasteiger charge is -2.33. The van der Waals surface area contributed by atoms with Gasteiger partial charge in [0.2, 0.25) is 0 Å². The maximum atomic E-state index is 4.91. The van der Waals surface area contributed by atoms with Crippen molar-refractivity contribution >= 4 is 22.3 Å². The van der Waals surface area contributed by atoms with E-state index >= 15 is 0 Å². The topological polar surface area (TPSA) is 39.7 Å². The third kappa shape index (κ3) is 4.65. The van der Waals surface area contributed by atoms with E-state index in [-0.39, 0.29) is 0 Å². The number of rotatable bonds is 5. The Bertz CT molecular complexity index is 511. The molecule has 0 unspecified atom stereocenters. The number of hydrogen-bond donors (Lipinski definition) is 2. The first-order valence-corrected chi connectivity index (χ1v) is 10.4. The SMILES string of the molecule is CCNC(=NCC1(C)CCCC1)NC1CCN(c2cccs2)CC1. The molecule has 134 valence electrons. The van der Waals surface area contributed by atoms with Gasteiger partial charge in [-0.2, -0.15) is 0 Å². The first-order chi connectivity index (χ1) is 11.7. The Labute approximate surface area is 150 Å². The Morgan fingerprint density at radius 2 is 2.08 bits per heavy atom. The zero-order chi connectivity index (χ0) is 16.8. The average molecular weight is 349 g/mol. The minimum absolute atomic E-state index is 0.422. The molecule has 1 aliphatic carbocycles. The molecule has 1 aliphatic heterocycles. The van der Waals surface area contributed by atoms with Crippen LogP contribution in [-0.2, 0) is 0 Å². The third-order valence-electron chi connectivity index (χ3n) is 5.43. The van der Waals surface area contributed by atoms with Crippen molar-refractivity contribution in [3.05, 3.63) is 17.5 Å². The van der Waals surface area contributed by atoms with Crippen molar-refractivity contribution in [2.45, 2.75) is 58.4 Å². The van der Waals surface area contributed by atoms with Crippen LogP contribution in [0.15, 0.2) is 22.5 Å². The fourth-order valence-electron chi connectivity index (χ4n) is 3.86. The van der Waals surface area contributed by atoms with Gasteiger partial charge in [0.25, 0.3) is 0 Å². The molecule has 0 amide bonds. The fourth-order valence-corrected chi connectivity index (χ4v) is 4.65. The molecular formula is C19H32N4S. The fraction of sp³-hybridized carbons (Fsp3) is 0.737. The molecule has 2 aliphatic rings. The molecule has 4 nitrogen and oxygen atoms in total. The number of nitrogens with zero attached hydrogens (tertiary/aromatic N) is 2. The lowest BCUT2D eigenvalue weighted by atomic mass is 9.89. The monoisotopic (exact) mass is 348 g/mol. The minimum Gasteiger partial charge on any atom is -0.363 e. The van der Waals surface area contributed by atoms with Crippen LogP contribution in [0.25, 0.3) is 0 Å². The number of hydrogen-bond acceptors (Lipinski definition) is 3. The molecule has 0 radical (unpaired) electrons. The van der Waals surface area contributed by atoms with Gasteiger partial charge in [0.15, 0.2) is 5.96 Å². The summed E-state index contributed by atoms with van der Waals surface area (Å²) < 4.78 is 0. The summed E-state index contributed by atoms with van der Waals surface area (Å²) in [5, 5.41) is 10.7. The van der Waals surface area contributed by atoms with E-state index in [4.69, 9.17) is 4.99 Å². The molecule has 2 heterocycles. The van der Waals surface area contributed by atoms with E-state index in [2.05, 4.69) is 46.9 Å². The van der Waals surface area contributed by atoms with Gasteiger partial charge < -0.3 is 15.5 Å². The van der Waals surface area contributed by atoms with Gasteiger partial charge in [-0.3, -0.25) is 4.99 Å². The van der Waals surface area contributed by atoms with Crippen LogP contribution < -0.4 is 15.5 Å². The standard InChI is InChI=1S/C19H32N4S/c1-3-20-18(21-15-19(2)10-4-5-11-19)22-16-8-12-23(13-9-16)17-7-6-14-24-17/h6-7,14,16H,3-5,8-13,15H2,1-2H3,(H2,20,21,22). The lowest BCUT2D eigenvalue weighted by Crippen LogP contribution is -2.49. The molecule has 0 spiro atoms. The van der Waals surface area contributed by atoms with Gasteiger partial charge in [-0.1, -0.05) is 19.8 Å². The molecule has 2 fully saturated rings. The van der Waals surface area contributed by atoms with Gasteiger partial charge in [-0.05, 0) is 55.5 Å². The van der Waals surface area contributed by atoms with Gasteiger partial charge >= 0.3 is 0 Å². The van der Waals surface area contributed by atoms with Crippen LogP contribution in [0.4, 0.5) is 5.00 Å². The zero-order valence-electron chi connectivity index (χ0n) is 15.2. The molecule has 2 N–H and O–H groups in total. The summed E-state index contributed by atoms with van der Waals surface area (Å²) >= 11 is 1.84. The Morgan fingerprint density at radius 3 is 2.71 bits per heavy atom. The smallest absolute Gasteiger partial charge is 0.191 e. The first-order valence-electron chi connectivity index (χ1n) is 9.52. The molecule has 0 bridgehead atoms. The highest BCUT2D eigenvalue weighted by Crippen LogP contribution is 2.37. The average Bonchev–Trinajstić information content (AvgIpc) is 3.26. The van der Waals surface area contributed by atoms with Crippen LogP contribution >= 0.6 is 11.3 Å². The van der Waals surface area contributed by atoms with Gasteiger partial charge in [0, 0.05) is 32.2 Å². The summed E-state index contributed by atoms with van der Waals surface area (Å²) in [7, 11) is 0. The van der Waals surface area contributed by atoms with Crippen molar-refractivity contribution in [2.75, 3.05) is 31.1 Å². The van der Waals surface area contributed by atoms with E-state index in [1.165, 1.54) is 43.5 Å². The minimum atomic E-state index is 0.422. The summed E-state index contributed by atoms with van der Waals surface area (Å²) in [6.45, 7) is 8.69. The summed E-state index contributed by atoms with van der Waals surface area (Å²) in [5.74, 6) is 1.01. The van der Waals surface area contributed by atoms with Crippen molar-refractivity contribution in [2.24, 2.45) is 10.4 Å². The second-order valence-electron chi connectivity index (χ2n) is 7.57. The zero-order valence-corrected chi connectivity index (χ0v) is 16.0. The molecule has 24 heavy (non-hydrogen) atoms. The highest BCUT2D eigenvalue weighted by atomic mass is 32.1. The molecule has 1 aromatic heterocycles. The summed E-state index contributed by atoms with van der Waals surface area (Å²) in [6, 6.07) is 4.91. The molecule has 0 aromatic carbocycles. The van der Waals surface area contributed by atoms with E-state index in [1.54, 1.807) is 0 Å². The highest BCUT2D eigenvalue weighted by molar-refractivity contribution is 7.14. The Balaban J connectivity index is 1.50. The van der Waals surface area contributed by atoms with Crippen molar-refractivity contribution < 1.29 is 0 Å². The van der Waals surface area contributed by atoms with Gasteiger partial charge in [0.1, 0.15) is 0 Å². The van der Waals surface area contributed by atoms with Crippen LogP contribution in [0.5, 0.6) is 0 Å². The summed E-state index contributed by atoms with van der Waals surface area (Å²) in [5.41, 5.74) is 0.422. The van der Waals surface area contributed by atoms with Crippen LogP contribution in [0, 0.1) is 5.41 Å². The van der Waals surface area contributed by atoms with E-state index in [0.29, 0.717) is 11.5 Å². The summed E-state index contributed by atoms with van der Waals surface area (Å²) in [6.07, 6.45) is 7.76. The third-order valence-corrected chi connectivity index (χ3v) is 6.36. The lowest BCUT2D eigenvalue weighted by molar-refractivity contribution is 0.349. The molecule has 5 heteroatoms. The van der Waals surface area contributed by atoms with Crippen molar-refractivity contribution in [1.29, 1.82) is 0 Å². The number of anilines is 1. The number of thiophene rings is 1. The van der Waals surface area contributed by atoms with Crippen LogP contribution in [0.3, 0.4) is 0 Å². The molecule has 1 saturated carbocycles. The second kappa shape index (κ2) is 8.24.